The molecule has 0 bridgehead atoms. The number of aryl methyl sites for hydroxylation is 2. The quantitative estimate of drug-likeness (QED) is 0.619. The number of hydrogen-bond donors (Lipinski definition) is 2. The minimum atomic E-state index is 0.313. The van der Waals surface area contributed by atoms with Gasteiger partial charge in [-0.15, -0.1) is 0 Å². The second kappa shape index (κ2) is 8.18. The minimum absolute atomic E-state index is 0.313. The molecule has 2 atom stereocenters. The van der Waals surface area contributed by atoms with Crippen molar-refractivity contribution in [2.24, 2.45) is 4.99 Å². The number of fused-ring (bicyclic) bond motifs is 1. The summed E-state index contributed by atoms with van der Waals surface area (Å²) < 4.78 is 7.39. The molecule has 0 saturated heterocycles. The van der Waals surface area contributed by atoms with Crippen LogP contribution in [-0.4, -0.2) is 39.4 Å². The van der Waals surface area contributed by atoms with Gasteiger partial charge in [-0.2, -0.15) is 5.10 Å². The average Bonchev–Trinajstić information content (AvgIpc) is 3.22. The monoisotopic (exact) mass is 344 g/mol. The highest BCUT2D eigenvalue weighted by atomic mass is 16.3. The molecule has 2 aromatic rings. The first-order valence-corrected chi connectivity index (χ1v) is 9.14. The summed E-state index contributed by atoms with van der Waals surface area (Å²) in [5, 5.41) is 11.5. The molecule has 3 heterocycles. The maximum atomic E-state index is 5.38. The number of aromatic nitrogens is 3. The van der Waals surface area contributed by atoms with Crippen molar-refractivity contribution in [3.63, 3.8) is 0 Å². The number of hydrogen-bond acceptors (Lipinski definition) is 4. The largest absolute Gasteiger partial charge is 0.469 e. The van der Waals surface area contributed by atoms with Crippen molar-refractivity contribution < 1.29 is 4.42 Å². The Morgan fingerprint density at radius 3 is 3.16 bits per heavy atom. The maximum absolute atomic E-state index is 5.38. The predicted octanol–water partition coefficient (Wildman–Crippen LogP) is 2.07. The summed E-state index contributed by atoms with van der Waals surface area (Å²) >= 11 is 0. The van der Waals surface area contributed by atoms with E-state index in [1.54, 1.807) is 6.26 Å². The van der Waals surface area contributed by atoms with Gasteiger partial charge in [-0.05, 0) is 38.8 Å². The van der Waals surface area contributed by atoms with Crippen molar-refractivity contribution in [2.45, 2.75) is 65.1 Å². The summed E-state index contributed by atoms with van der Waals surface area (Å²) in [5.41, 5.74) is 0. The summed E-state index contributed by atoms with van der Waals surface area (Å²) in [4.78, 5) is 9.20. The normalized spacial score (nSPS) is 18.7. The molecule has 2 unspecified atom stereocenters. The van der Waals surface area contributed by atoms with Crippen LogP contribution >= 0.6 is 0 Å². The summed E-state index contributed by atoms with van der Waals surface area (Å²) in [6.45, 7) is 7.81. The number of guanidine groups is 1. The van der Waals surface area contributed by atoms with Crippen LogP contribution in [0, 0.1) is 6.92 Å². The third kappa shape index (κ3) is 4.84. The molecule has 0 aliphatic carbocycles. The molecule has 0 amide bonds. The van der Waals surface area contributed by atoms with E-state index >= 15 is 0 Å². The molecule has 25 heavy (non-hydrogen) atoms. The van der Waals surface area contributed by atoms with Crippen LogP contribution in [0.5, 0.6) is 0 Å². The highest BCUT2D eigenvalue weighted by Gasteiger charge is 2.22. The maximum Gasteiger partial charge on any atom is 0.191 e. The summed E-state index contributed by atoms with van der Waals surface area (Å²) in [6, 6.07) is 4.59. The zero-order valence-corrected chi connectivity index (χ0v) is 15.3. The molecule has 2 aromatic heterocycles. The van der Waals surface area contributed by atoms with Crippen LogP contribution in [0.15, 0.2) is 27.8 Å². The number of aliphatic imine (C=N–C) groups is 1. The van der Waals surface area contributed by atoms with E-state index in [0.717, 1.165) is 55.6 Å². The third-order valence-corrected chi connectivity index (χ3v) is 4.51. The standard InChI is InChI=1S/C18H28N6O/c1-4-13(2)20-18(19-10-9-16-6-5-11-25-16)22-15-7-8-17-21-14(3)23-24(17)12-15/h5-6,11,13,15H,4,7-10,12H2,1-3H3,(H2,19,20,22). The van der Waals surface area contributed by atoms with E-state index in [-0.39, 0.29) is 0 Å². The minimum Gasteiger partial charge on any atom is -0.469 e. The van der Waals surface area contributed by atoms with E-state index in [1.807, 2.05) is 23.7 Å². The molecule has 2 N–H and O–H groups in total. The van der Waals surface area contributed by atoms with Gasteiger partial charge in [0.2, 0.25) is 0 Å². The molecule has 136 valence electrons. The van der Waals surface area contributed by atoms with Crippen molar-refractivity contribution in [1.82, 2.24) is 25.4 Å². The lowest BCUT2D eigenvalue weighted by molar-refractivity contribution is 0.390. The second-order valence-electron chi connectivity index (χ2n) is 6.65. The molecular formula is C18H28N6O. The lowest BCUT2D eigenvalue weighted by Gasteiger charge is -2.26. The van der Waals surface area contributed by atoms with Crippen molar-refractivity contribution in [1.29, 1.82) is 0 Å². The first-order chi connectivity index (χ1) is 12.1. The molecule has 7 nitrogen and oxygen atoms in total. The van der Waals surface area contributed by atoms with Gasteiger partial charge >= 0.3 is 0 Å². The van der Waals surface area contributed by atoms with E-state index in [1.165, 1.54) is 0 Å². The molecule has 1 aliphatic heterocycles. The van der Waals surface area contributed by atoms with E-state index in [0.29, 0.717) is 18.6 Å². The van der Waals surface area contributed by atoms with Crippen LogP contribution in [0.25, 0.3) is 0 Å². The van der Waals surface area contributed by atoms with Crippen molar-refractivity contribution in [2.75, 3.05) is 6.54 Å². The summed E-state index contributed by atoms with van der Waals surface area (Å²) in [5.74, 6) is 3.76. The Morgan fingerprint density at radius 1 is 1.52 bits per heavy atom. The smallest absolute Gasteiger partial charge is 0.191 e. The van der Waals surface area contributed by atoms with Gasteiger partial charge in [0.25, 0.3) is 0 Å². The number of furan rings is 1. The average molecular weight is 344 g/mol. The van der Waals surface area contributed by atoms with Crippen LogP contribution in [-0.2, 0) is 19.4 Å². The van der Waals surface area contributed by atoms with Crippen LogP contribution in [0.4, 0.5) is 0 Å². The molecule has 3 rings (SSSR count). The van der Waals surface area contributed by atoms with Crippen LogP contribution < -0.4 is 10.6 Å². The second-order valence-corrected chi connectivity index (χ2v) is 6.65. The predicted molar refractivity (Wildman–Crippen MR) is 97.6 cm³/mol. The van der Waals surface area contributed by atoms with Gasteiger partial charge in [0.05, 0.1) is 12.8 Å². The Bertz CT molecular complexity index is 690. The molecular weight excluding hydrogens is 316 g/mol. The van der Waals surface area contributed by atoms with Crippen molar-refractivity contribution in [3.05, 3.63) is 35.8 Å². The number of nitrogens with one attached hydrogen (secondary N) is 2. The Kier molecular flexibility index (Phi) is 5.73. The first-order valence-electron chi connectivity index (χ1n) is 9.14. The molecule has 7 heteroatoms. The van der Waals surface area contributed by atoms with Gasteiger partial charge in [0.15, 0.2) is 5.96 Å². The van der Waals surface area contributed by atoms with Crippen LogP contribution in [0.3, 0.4) is 0 Å². The molecule has 0 saturated carbocycles. The van der Waals surface area contributed by atoms with E-state index in [2.05, 4.69) is 34.6 Å². The van der Waals surface area contributed by atoms with Crippen molar-refractivity contribution in [3.8, 4) is 0 Å². The van der Waals surface area contributed by atoms with Crippen molar-refractivity contribution >= 4 is 5.96 Å². The summed E-state index contributed by atoms with van der Waals surface area (Å²) in [6.07, 6.45) is 5.54. The first kappa shape index (κ1) is 17.5. The molecule has 0 fully saturated rings. The third-order valence-electron chi connectivity index (χ3n) is 4.51. The van der Waals surface area contributed by atoms with E-state index in [9.17, 15) is 0 Å². The molecule has 0 aromatic carbocycles. The van der Waals surface area contributed by atoms with Gasteiger partial charge in [0, 0.05) is 31.5 Å². The highest BCUT2D eigenvalue weighted by Crippen LogP contribution is 2.13. The van der Waals surface area contributed by atoms with Gasteiger partial charge < -0.3 is 15.1 Å². The summed E-state index contributed by atoms with van der Waals surface area (Å²) in [7, 11) is 0. The van der Waals surface area contributed by atoms with Gasteiger partial charge in [-0.1, -0.05) is 6.92 Å². The fourth-order valence-corrected chi connectivity index (χ4v) is 2.95. The van der Waals surface area contributed by atoms with Crippen LogP contribution in [0.2, 0.25) is 0 Å². The van der Waals surface area contributed by atoms with E-state index in [4.69, 9.17) is 9.41 Å². The molecule has 1 aliphatic rings. The van der Waals surface area contributed by atoms with Gasteiger partial charge in [-0.25, -0.2) is 9.67 Å². The van der Waals surface area contributed by atoms with Crippen LogP contribution in [0.1, 0.15) is 44.1 Å². The lowest BCUT2D eigenvalue weighted by Crippen LogP contribution is -2.49. The number of nitrogens with zero attached hydrogens (tertiary/aromatic N) is 4. The zero-order valence-electron chi connectivity index (χ0n) is 15.3. The highest BCUT2D eigenvalue weighted by molar-refractivity contribution is 5.80. The fraction of sp³-hybridized carbons (Fsp3) is 0.611. The Labute approximate surface area is 148 Å². The Hall–Kier alpha value is -2.31. The SMILES string of the molecule is CCC(C)NC(=NCCc1ccco1)NC1CCc2nc(C)nn2C1. The van der Waals surface area contributed by atoms with Gasteiger partial charge in [-0.3, -0.25) is 4.99 Å². The van der Waals surface area contributed by atoms with E-state index < -0.39 is 0 Å². The Balaban J connectivity index is 1.60. The zero-order chi connectivity index (χ0) is 17.6. The fourth-order valence-electron chi connectivity index (χ4n) is 2.95. The molecule has 0 spiro atoms. The van der Waals surface area contributed by atoms with Gasteiger partial charge in [0.1, 0.15) is 17.4 Å². The Morgan fingerprint density at radius 2 is 2.40 bits per heavy atom. The molecule has 0 radical (unpaired) electrons. The topological polar surface area (TPSA) is 80.3 Å². The lowest BCUT2D eigenvalue weighted by atomic mass is 10.1. The number of rotatable bonds is 6.